The smallest absolute Gasteiger partial charge is 0.227 e. The molecule has 0 amide bonds. The van der Waals surface area contributed by atoms with Gasteiger partial charge in [-0.3, -0.25) is 0 Å². The molecule has 4 nitrogen and oxygen atoms in total. The van der Waals surface area contributed by atoms with Gasteiger partial charge in [-0.2, -0.15) is 0 Å². The van der Waals surface area contributed by atoms with Gasteiger partial charge < -0.3 is 9.52 Å². The van der Waals surface area contributed by atoms with Gasteiger partial charge in [0.15, 0.2) is 11.8 Å². The summed E-state index contributed by atoms with van der Waals surface area (Å²) in [5, 5.41) is 12.5. The van der Waals surface area contributed by atoms with Crippen LogP contribution in [-0.2, 0) is 12.6 Å². The summed E-state index contributed by atoms with van der Waals surface area (Å²) in [4.78, 5) is 4.54. The lowest BCUT2D eigenvalue weighted by molar-refractivity contribution is -0.660. The molecule has 0 spiro atoms. The van der Waals surface area contributed by atoms with Crippen molar-refractivity contribution in [2.45, 2.75) is 33.3 Å². The highest BCUT2D eigenvalue weighted by Crippen LogP contribution is 2.37. The highest BCUT2D eigenvalue weighted by Gasteiger charge is 2.24. The van der Waals surface area contributed by atoms with E-state index in [1.54, 1.807) is 13.8 Å². The Labute approximate surface area is 152 Å². The summed E-state index contributed by atoms with van der Waals surface area (Å²) in [5.74, 6) is 0. The largest absolute Gasteiger partial charge is 0.437 e. The van der Waals surface area contributed by atoms with Gasteiger partial charge in [-0.15, -0.1) is 0 Å². The lowest BCUT2D eigenvalue weighted by Gasteiger charge is -2.17. The van der Waals surface area contributed by atoms with Crippen LogP contribution in [0.2, 0.25) is 0 Å². The number of aliphatic hydroxyl groups is 1. The van der Waals surface area contributed by atoms with Gasteiger partial charge in [0.25, 0.3) is 0 Å². The predicted molar refractivity (Wildman–Crippen MR) is 103 cm³/mol. The average molecular weight is 347 g/mol. The Morgan fingerprint density at radius 1 is 1.04 bits per heavy atom. The summed E-state index contributed by atoms with van der Waals surface area (Å²) in [6.45, 7) is 7.64. The number of pyridine rings is 2. The van der Waals surface area contributed by atoms with Crippen LogP contribution >= 0.6 is 0 Å². The minimum atomic E-state index is -0.905. The van der Waals surface area contributed by atoms with Crippen molar-refractivity contribution >= 4 is 22.1 Å². The van der Waals surface area contributed by atoms with Crippen LogP contribution in [0.4, 0.5) is 0 Å². The van der Waals surface area contributed by atoms with Gasteiger partial charge in [-0.1, -0.05) is 12.1 Å². The third-order valence-electron chi connectivity index (χ3n) is 4.97. The van der Waals surface area contributed by atoms with Crippen LogP contribution in [0.1, 0.15) is 30.7 Å². The molecule has 0 atom stereocenters. The number of hydrogen-bond donors (Lipinski definition) is 1. The first-order chi connectivity index (χ1) is 12.3. The molecule has 132 valence electrons. The fraction of sp³-hybridized carbons (Fsp3) is 0.273. The van der Waals surface area contributed by atoms with E-state index in [4.69, 9.17) is 4.42 Å². The van der Waals surface area contributed by atoms with Crippen LogP contribution in [0.3, 0.4) is 0 Å². The van der Waals surface area contributed by atoms with E-state index in [0.717, 1.165) is 44.4 Å². The number of furan rings is 1. The van der Waals surface area contributed by atoms with Crippen LogP contribution in [0, 0.1) is 13.8 Å². The zero-order valence-corrected chi connectivity index (χ0v) is 15.8. The van der Waals surface area contributed by atoms with E-state index in [1.165, 1.54) is 0 Å². The van der Waals surface area contributed by atoms with Crippen molar-refractivity contribution in [2.75, 3.05) is 0 Å². The number of aryl methyl sites for hydroxylation is 3. The van der Waals surface area contributed by atoms with E-state index in [9.17, 15) is 5.11 Å². The van der Waals surface area contributed by atoms with Gasteiger partial charge in [0.1, 0.15) is 7.05 Å². The second-order valence-corrected chi connectivity index (χ2v) is 7.51. The van der Waals surface area contributed by atoms with Crippen molar-refractivity contribution in [3.63, 3.8) is 0 Å². The fourth-order valence-electron chi connectivity index (χ4n) is 3.43. The zero-order valence-electron chi connectivity index (χ0n) is 15.8. The van der Waals surface area contributed by atoms with Crippen molar-refractivity contribution in [1.29, 1.82) is 0 Å². The standard InChI is InChI=1S/C22H23N2O2/c1-13-6-8-16-17-9-7-14(2)23-21(17)26-20(16)19(13)18-12-15(22(3,4)25)10-11-24(18)5/h6-12,25H,1-5H3/q+1. The normalized spacial score (nSPS) is 12.2. The molecule has 0 aliphatic carbocycles. The molecule has 0 aliphatic heterocycles. The Balaban J connectivity index is 2.09. The van der Waals surface area contributed by atoms with Crippen LogP contribution < -0.4 is 4.57 Å². The molecule has 1 aromatic carbocycles. The Bertz CT molecular complexity index is 1150. The number of aromatic nitrogens is 2. The maximum atomic E-state index is 10.4. The van der Waals surface area contributed by atoms with Crippen molar-refractivity contribution in [2.24, 2.45) is 7.05 Å². The molecule has 0 aliphatic rings. The first-order valence-corrected chi connectivity index (χ1v) is 8.78. The monoisotopic (exact) mass is 347 g/mol. The molecule has 0 radical (unpaired) electrons. The first-order valence-electron chi connectivity index (χ1n) is 8.78. The summed E-state index contributed by atoms with van der Waals surface area (Å²) in [6.07, 6.45) is 1.98. The van der Waals surface area contributed by atoms with Crippen LogP contribution in [0.5, 0.6) is 0 Å². The Morgan fingerprint density at radius 3 is 2.50 bits per heavy atom. The van der Waals surface area contributed by atoms with Crippen molar-refractivity contribution in [3.05, 3.63) is 59.4 Å². The number of fused-ring (bicyclic) bond motifs is 3. The molecule has 4 aromatic rings. The summed E-state index contributed by atoms with van der Waals surface area (Å²) in [5.41, 5.74) is 5.55. The Kier molecular flexibility index (Phi) is 3.63. The van der Waals surface area contributed by atoms with Gasteiger partial charge in [-0.25, -0.2) is 9.55 Å². The molecule has 3 aromatic heterocycles. The van der Waals surface area contributed by atoms with Crippen molar-refractivity contribution in [3.8, 4) is 11.3 Å². The van der Waals surface area contributed by atoms with Crippen molar-refractivity contribution < 1.29 is 14.1 Å². The number of hydrogen-bond acceptors (Lipinski definition) is 3. The molecule has 26 heavy (non-hydrogen) atoms. The van der Waals surface area contributed by atoms with Gasteiger partial charge in [0.2, 0.25) is 11.4 Å². The fourth-order valence-corrected chi connectivity index (χ4v) is 3.43. The first kappa shape index (κ1) is 16.7. The second kappa shape index (κ2) is 5.64. The van der Waals surface area contributed by atoms with Gasteiger partial charge >= 0.3 is 0 Å². The highest BCUT2D eigenvalue weighted by atomic mass is 16.3. The minimum Gasteiger partial charge on any atom is -0.437 e. The second-order valence-electron chi connectivity index (χ2n) is 7.51. The number of benzene rings is 1. The molecule has 0 fully saturated rings. The Morgan fingerprint density at radius 2 is 1.77 bits per heavy atom. The van der Waals surface area contributed by atoms with E-state index < -0.39 is 5.60 Å². The molecule has 0 unspecified atom stereocenters. The topological polar surface area (TPSA) is 50.1 Å². The zero-order chi connectivity index (χ0) is 18.6. The van der Waals surface area contributed by atoms with Crippen LogP contribution in [0.15, 0.2) is 47.0 Å². The number of rotatable bonds is 2. The van der Waals surface area contributed by atoms with E-state index in [0.29, 0.717) is 5.71 Å². The van der Waals surface area contributed by atoms with E-state index >= 15 is 0 Å². The number of nitrogens with zero attached hydrogens (tertiary/aromatic N) is 2. The molecule has 3 heterocycles. The minimum absolute atomic E-state index is 0.660. The molecule has 0 saturated carbocycles. The summed E-state index contributed by atoms with van der Waals surface area (Å²) in [7, 11) is 2.01. The van der Waals surface area contributed by atoms with Gasteiger partial charge in [-0.05, 0) is 51.0 Å². The average Bonchev–Trinajstić information content (AvgIpc) is 2.92. The maximum absolute atomic E-state index is 10.4. The quantitative estimate of drug-likeness (QED) is 0.550. The SMILES string of the molecule is Cc1ccc2c(n1)oc1c(-c3cc(C(C)(C)O)cc[n+]3C)c(C)ccc12. The van der Waals surface area contributed by atoms with Crippen LogP contribution in [0.25, 0.3) is 33.3 Å². The van der Waals surface area contributed by atoms with E-state index in [1.807, 2.05) is 38.4 Å². The molecule has 4 heteroatoms. The molecule has 0 bridgehead atoms. The molecule has 1 N–H and O–H groups in total. The van der Waals surface area contributed by atoms with Crippen LogP contribution in [-0.4, -0.2) is 10.1 Å². The summed E-state index contributed by atoms with van der Waals surface area (Å²) < 4.78 is 8.25. The predicted octanol–water partition coefficient (Wildman–Crippen LogP) is 4.32. The lowest BCUT2D eigenvalue weighted by Crippen LogP contribution is -2.32. The third-order valence-corrected chi connectivity index (χ3v) is 4.97. The summed E-state index contributed by atoms with van der Waals surface area (Å²) in [6, 6.07) is 12.3. The van der Waals surface area contributed by atoms with E-state index in [-0.39, 0.29) is 0 Å². The lowest BCUT2D eigenvalue weighted by atomic mass is 9.95. The third kappa shape index (κ3) is 2.58. The Hall–Kier alpha value is -2.72. The summed E-state index contributed by atoms with van der Waals surface area (Å²) >= 11 is 0. The maximum Gasteiger partial charge on any atom is 0.227 e. The molecule has 4 rings (SSSR count). The molecular formula is C22H23N2O2+. The van der Waals surface area contributed by atoms with E-state index in [2.05, 4.69) is 34.7 Å². The van der Waals surface area contributed by atoms with Gasteiger partial charge in [0.05, 0.1) is 11.2 Å². The van der Waals surface area contributed by atoms with Crippen molar-refractivity contribution in [1.82, 2.24) is 4.98 Å². The molecular weight excluding hydrogens is 324 g/mol. The van der Waals surface area contributed by atoms with Gasteiger partial charge in [0, 0.05) is 28.6 Å². The highest BCUT2D eigenvalue weighted by molar-refractivity contribution is 6.08. The molecule has 0 saturated heterocycles.